The van der Waals surface area contributed by atoms with Crippen molar-refractivity contribution in [3.05, 3.63) is 24.3 Å². The summed E-state index contributed by atoms with van der Waals surface area (Å²) in [5, 5.41) is 3.02. The Labute approximate surface area is 169 Å². The van der Waals surface area contributed by atoms with Crippen molar-refractivity contribution >= 4 is 17.5 Å². The van der Waals surface area contributed by atoms with Crippen molar-refractivity contribution in [1.82, 2.24) is 10.2 Å². The van der Waals surface area contributed by atoms with Crippen LogP contribution in [-0.4, -0.2) is 56.0 Å². The number of anilines is 1. The first-order chi connectivity index (χ1) is 13.6. The Kier molecular flexibility index (Phi) is 9.28. The van der Waals surface area contributed by atoms with Gasteiger partial charge in [-0.25, -0.2) is 0 Å². The number of ether oxygens (including phenoxy) is 1. The average Bonchev–Trinajstić information content (AvgIpc) is 3.07. The molecule has 28 heavy (non-hydrogen) atoms. The van der Waals surface area contributed by atoms with Crippen LogP contribution in [0.25, 0.3) is 0 Å². The number of benzene rings is 1. The van der Waals surface area contributed by atoms with Crippen LogP contribution in [0.1, 0.15) is 46.5 Å². The molecular weight excluding hydrogens is 354 g/mol. The van der Waals surface area contributed by atoms with Crippen LogP contribution >= 0.6 is 0 Å². The standard InChI is InChI=1S/C22H35N3O3/c1-4-13-24(14-5-2)15-9-12-23-22(27)18-16-21(26)25(17-18)19-10-7-8-11-20(19)28-6-3/h7-8,10-11,18H,4-6,9,12-17H2,1-3H3,(H,23,27). The zero-order valence-corrected chi connectivity index (χ0v) is 17.6. The number of hydrogen-bond acceptors (Lipinski definition) is 4. The van der Waals surface area contributed by atoms with Gasteiger partial charge in [0.2, 0.25) is 11.8 Å². The highest BCUT2D eigenvalue weighted by Gasteiger charge is 2.36. The van der Waals surface area contributed by atoms with Gasteiger partial charge in [0.25, 0.3) is 0 Å². The maximum absolute atomic E-state index is 12.5. The third-order valence-corrected chi connectivity index (χ3v) is 4.98. The number of hydrogen-bond donors (Lipinski definition) is 1. The molecule has 0 spiro atoms. The highest BCUT2D eigenvalue weighted by molar-refractivity contribution is 6.01. The predicted molar refractivity (Wildman–Crippen MR) is 113 cm³/mol. The van der Waals surface area contributed by atoms with Gasteiger partial charge < -0.3 is 19.9 Å². The molecule has 6 nitrogen and oxygen atoms in total. The molecule has 1 aromatic rings. The van der Waals surface area contributed by atoms with Gasteiger partial charge in [0.1, 0.15) is 5.75 Å². The number of nitrogens with zero attached hydrogens (tertiary/aromatic N) is 2. The first kappa shape index (κ1) is 22.2. The Morgan fingerprint density at radius 1 is 1.18 bits per heavy atom. The second kappa shape index (κ2) is 11.7. The number of rotatable bonds is 12. The van der Waals surface area contributed by atoms with E-state index in [1.54, 1.807) is 4.90 Å². The zero-order valence-electron chi connectivity index (χ0n) is 17.6. The van der Waals surface area contributed by atoms with Crippen molar-refractivity contribution in [1.29, 1.82) is 0 Å². The molecule has 1 unspecified atom stereocenters. The lowest BCUT2D eigenvalue weighted by Crippen LogP contribution is -2.35. The molecule has 6 heteroatoms. The number of carbonyl (C=O) groups is 2. The van der Waals surface area contributed by atoms with Crippen molar-refractivity contribution in [3.8, 4) is 5.75 Å². The molecule has 1 atom stereocenters. The fourth-order valence-corrected chi connectivity index (χ4v) is 3.70. The molecule has 1 N–H and O–H groups in total. The van der Waals surface area contributed by atoms with Gasteiger partial charge in [-0.05, 0) is 58.0 Å². The summed E-state index contributed by atoms with van der Waals surface area (Å²) in [5.74, 6) is 0.336. The van der Waals surface area contributed by atoms with Gasteiger partial charge in [0, 0.05) is 19.5 Å². The minimum atomic E-state index is -0.301. The van der Waals surface area contributed by atoms with Crippen LogP contribution in [-0.2, 0) is 9.59 Å². The molecule has 0 radical (unpaired) electrons. The van der Waals surface area contributed by atoms with E-state index in [-0.39, 0.29) is 24.2 Å². The SMILES string of the molecule is CCCN(CCC)CCCNC(=O)C1CC(=O)N(c2ccccc2OCC)C1. The summed E-state index contributed by atoms with van der Waals surface area (Å²) in [4.78, 5) is 29.2. The number of nitrogens with one attached hydrogen (secondary N) is 1. The lowest BCUT2D eigenvalue weighted by atomic mass is 10.1. The fourth-order valence-electron chi connectivity index (χ4n) is 3.70. The van der Waals surface area contributed by atoms with Crippen LogP contribution in [0.3, 0.4) is 0 Å². The molecule has 1 fully saturated rings. The van der Waals surface area contributed by atoms with Gasteiger partial charge in [-0.2, -0.15) is 0 Å². The maximum atomic E-state index is 12.5. The quantitative estimate of drug-likeness (QED) is 0.558. The molecule has 156 valence electrons. The summed E-state index contributed by atoms with van der Waals surface area (Å²) in [6, 6.07) is 7.51. The van der Waals surface area contributed by atoms with E-state index in [0.29, 0.717) is 25.4 Å². The maximum Gasteiger partial charge on any atom is 0.227 e. The summed E-state index contributed by atoms with van der Waals surface area (Å²) in [7, 11) is 0. The van der Waals surface area contributed by atoms with Crippen molar-refractivity contribution in [2.45, 2.75) is 46.5 Å². The molecule has 0 bridgehead atoms. The molecule has 0 saturated carbocycles. The Morgan fingerprint density at radius 3 is 2.57 bits per heavy atom. The molecule has 0 aromatic heterocycles. The second-order valence-corrected chi connectivity index (χ2v) is 7.29. The van der Waals surface area contributed by atoms with Crippen molar-refractivity contribution in [3.63, 3.8) is 0 Å². The molecule has 1 saturated heterocycles. The molecule has 2 amide bonds. The van der Waals surface area contributed by atoms with Gasteiger partial charge in [0.05, 0.1) is 18.2 Å². The van der Waals surface area contributed by atoms with E-state index in [0.717, 1.165) is 44.6 Å². The molecule has 1 heterocycles. The Hall–Kier alpha value is -2.08. The highest BCUT2D eigenvalue weighted by Crippen LogP contribution is 2.33. The monoisotopic (exact) mass is 389 g/mol. The molecular formula is C22H35N3O3. The van der Waals surface area contributed by atoms with Crippen molar-refractivity contribution in [2.75, 3.05) is 44.2 Å². The van der Waals surface area contributed by atoms with Crippen molar-refractivity contribution < 1.29 is 14.3 Å². The van der Waals surface area contributed by atoms with E-state index < -0.39 is 0 Å². The highest BCUT2D eigenvalue weighted by atomic mass is 16.5. The Balaban J connectivity index is 1.83. The Morgan fingerprint density at radius 2 is 1.89 bits per heavy atom. The summed E-state index contributed by atoms with van der Waals surface area (Å²) in [6.07, 6.45) is 3.48. The topological polar surface area (TPSA) is 61.9 Å². The zero-order chi connectivity index (χ0) is 20.4. The van der Waals surface area contributed by atoms with E-state index >= 15 is 0 Å². The average molecular weight is 390 g/mol. The summed E-state index contributed by atoms with van der Waals surface area (Å²) < 4.78 is 5.64. The van der Waals surface area contributed by atoms with Gasteiger partial charge in [-0.1, -0.05) is 26.0 Å². The molecule has 1 aliphatic heterocycles. The van der Waals surface area contributed by atoms with Crippen LogP contribution in [0.5, 0.6) is 5.75 Å². The second-order valence-electron chi connectivity index (χ2n) is 7.29. The van der Waals surface area contributed by atoms with E-state index in [1.165, 1.54) is 0 Å². The smallest absolute Gasteiger partial charge is 0.227 e. The first-order valence-electron chi connectivity index (χ1n) is 10.6. The molecule has 2 rings (SSSR count). The van der Waals surface area contributed by atoms with E-state index in [4.69, 9.17) is 4.74 Å². The third-order valence-electron chi connectivity index (χ3n) is 4.98. The van der Waals surface area contributed by atoms with Gasteiger partial charge in [-0.3, -0.25) is 9.59 Å². The fraction of sp³-hybridized carbons (Fsp3) is 0.636. The summed E-state index contributed by atoms with van der Waals surface area (Å²) in [5.41, 5.74) is 0.749. The minimum absolute atomic E-state index is 0.0237. The third kappa shape index (κ3) is 6.23. The molecule has 1 aliphatic rings. The minimum Gasteiger partial charge on any atom is -0.492 e. The Bertz CT molecular complexity index is 629. The first-order valence-corrected chi connectivity index (χ1v) is 10.6. The van der Waals surface area contributed by atoms with Crippen LogP contribution in [0.4, 0.5) is 5.69 Å². The van der Waals surface area contributed by atoms with Gasteiger partial charge in [-0.15, -0.1) is 0 Å². The predicted octanol–water partition coefficient (Wildman–Crippen LogP) is 3.07. The lowest BCUT2D eigenvalue weighted by Gasteiger charge is -2.21. The normalized spacial score (nSPS) is 16.6. The molecule has 1 aromatic carbocycles. The van der Waals surface area contributed by atoms with E-state index in [9.17, 15) is 9.59 Å². The van der Waals surface area contributed by atoms with Crippen LogP contribution in [0.15, 0.2) is 24.3 Å². The van der Waals surface area contributed by atoms with E-state index in [1.807, 2.05) is 31.2 Å². The molecule has 0 aliphatic carbocycles. The number of carbonyl (C=O) groups excluding carboxylic acids is 2. The number of para-hydroxylation sites is 2. The van der Waals surface area contributed by atoms with Crippen molar-refractivity contribution in [2.24, 2.45) is 5.92 Å². The van der Waals surface area contributed by atoms with E-state index in [2.05, 4.69) is 24.1 Å². The largest absolute Gasteiger partial charge is 0.492 e. The van der Waals surface area contributed by atoms with Gasteiger partial charge >= 0.3 is 0 Å². The van der Waals surface area contributed by atoms with Gasteiger partial charge in [0.15, 0.2) is 0 Å². The van der Waals surface area contributed by atoms with Crippen LogP contribution in [0, 0.1) is 5.92 Å². The van der Waals surface area contributed by atoms with Crippen LogP contribution < -0.4 is 15.0 Å². The van der Waals surface area contributed by atoms with Crippen LogP contribution in [0.2, 0.25) is 0 Å². The lowest BCUT2D eigenvalue weighted by molar-refractivity contribution is -0.126. The summed E-state index contributed by atoms with van der Waals surface area (Å²) >= 11 is 0. The number of amides is 2. The summed E-state index contributed by atoms with van der Waals surface area (Å²) in [6.45, 7) is 11.1.